The highest BCUT2D eigenvalue weighted by atomic mass is 32.2. The molecule has 2 fully saturated rings. The monoisotopic (exact) mass is 557 g/mol. The van der Waals surface area contributed by atoms with E-state index in [4.69, 9.17) is 0 Å². The molecular weight excluding hydrogens is 538 g/mol. The molecule has 1 N–H and O–H groups in total. The number of piperidine rings is 1. The number of halogens is 4. The third-order valence-electron chi connectivity index (χ3n) is 6.24. The van der Waals surface area contributed by atoms with Gasteiger partial charge in [0.2, 0.25) is 19.9 Å². The fourth-order valence-corrected chi connectivity index (χ4v) is 8.42. The lowest BCUT2D eigenvalue weighted by Crippen LogP contribution is -2.44. The number of hydrogen-bond acceptors (Lipinski definition) is 7. The standard InChI is InChI=1S/C19H19F4N3O6S3/c20-13-4-5-14(15(11-13)33(27,28)17-3-1-2-8-24-17)34(29,30)26-9-6-18(7-10-26)12-16(18)25-35(31,32)19(21,22)23/h1-5,8,11,16,25H,6-7,9-10,12H2. The third-order valence-corrected chi connectivity index (χ3v) is 11.2. The number of pyridine rings is 1. The summed E-state index contributed by atoms with van der Waals surface area (Å²) in [5, 5.41) is -0.475. The molecule has 16 heteroatoms. The van der Waals surface area contributed by atoms with Crippen LogP contribution in [0.5, 0.6) is 0 Å². The summed E-state index contributed by atoms with van der Waals surface area (Å²) in [6.07, 6.45) is 1.41. The van der Waals surface area contributed by atoms with Gasteiger partial charge in [-0.3, -0.25) is 0 Å². The van der Waals surface area contributed by atoms with Crippen molar-refractivity contribution in [2.45, 2.75) is 45.6 Å². The van der Waals surface area contributed by atoms with Crippen LogP contribution in [0.25, 0.3) is 0 Å². The molecule has 0 amide bonds. The normalized spacial score (nSPS) is 21.2. The Morgan fingerprint density at radius 1 is 0.971 bits per heavy atom. The van der Waals surface area contributed by atoms with Crippen LogP contribution in [-0.2, 0) is 29.9 Å². The van der Waals surface area contributed by atoms with Crippen LogP contribution >= 0.6 is 0 Å². The van der Waals surface area contributed by atoms with Gasteiger partial charge in [-0.25, -0.2) is 39.3 Å². The van der Waals surface area contributed by atoms with Gasteiger partial charge < -0.3 is 0 Å². The third kappa shape index (κ3) is 4.69. The van der Waals surface area contributed by atoms with Gasteiger partial charge in [0, 0.05) is 25.3 Å². The van der Waals surface area contributed by atoms with E-state index in [-0.39, 0.29) is 32.4 Å². The molecule has 1 saturated heterocycles. The number of sulfone groups is 1. The molecule has 192 valence electrons. The summed E-state index contributed by atoms with van der Waals surface area (Å²) in [5.74, 6) is -0.978. The van der Waals surface area contributed by atoms with Crippen molar-refractivity contribution in [1.29, 1.82) is 0 Å². The first-order valence-electron chi connectivity index (χ1n) is 10.1. The molecular formula is C19H19F4N3O6S3. The number of aromatic nitrogens is 1. The van der Waals surface area contributed by atoms with Crippen molar-refractivity contribution < 1.29 is 42.8 Å². The van der Waals surface area contributed by atoms with E-state index in [0.29, 0.717) is 6.07 Å². The minimum absolute atomic E-state index is 0.0563. The van der Waals surface area contributed by atoms with Crippen molar-refractivity contribution in [1.82, 2.24) is 14.0 Å². The minimum Gasteiger partial charge on any atom is -0.244 e. The Kier molecular flexibility index (Phi) is 6.28. The molecule has 1 spiro atoms. The van der Waals surface area contributed by atoms with E-state index in [1.54, 1.807) is 4.72 Å². The molecule has 0 radical (unpaired) electrons. The van der Waals surface area contributed by atoms with E-state index in [1.165, 1.54) is 18.3 Å². The minimum atomic E-state index is -5.54. The number of nitrogens with one attached hydrogen (secondary N) is 1. The number of rotatable bonds is 6. The van der Waals surface area contributed by atoms with Crippen LogP contribution < -0.4 is 4.72 Å². The molecule has 1 aliphatic carbocycles. The van der Waals surface area contributed by atoms with Crippen LogP contribution in [0, 0.1) is 11.2 Å². The summed E-state index contributed by atoms with van der Waals surface area (Å²) in [6.45, 7) is -0.375. The summed E-state index contributed by atoms with van der Waals surface area (Å²) < 4.78 is 130. The second-order valence-electron chi connectivity index (χ2n) is 8.35. The summed E-state index contributed by atoms with van der Waals surface area (Å²) in [6, 6.07) is 5.20. The van der Waals surface area contributed by atoms with Crippen LogP contribution in [0.3, 0.4) is 0 Å². The van der Waals surface area contributed by atoms with Crippen LogP contribution in [0.1, 0.15) is 19.3 Å². The zero-order valence-corrected chi connectivity index (χ0v) is 20.2. The van der Waals surface area contributed by atoms with Gasteiger partial charge >= 0.3 is 15.5 Å². The predicted molar refractivity (Wildman–Crippen MR) is 113 cm³/mol. The van der Waals surface area contributed by atoms with Gasteiger partial charge in [0.05, 0.1) is 4.90 Å². The molecule has 2 aromatic rings. The van der Waals surface area contributed by atoms with Crippen molar-refractivity contribution in [3.63, 3.8) is 0 Å². The molecule has 4 rings (SSSR count). The van der Waals surface area contributed by atoms with E-state index >= 15 is 0 Å². The molecule has 1 saturated carbocycles. The predicted octanol–water partition coefficient (Wildman–Crippen LogP) is 2.04. The van der Waals surface area contributed by atoms with Crippen LogP contribution in [-0.4, -0.2) is 59.2 Å². The zero-order chi connectivity index (χ0) is 25.9. The number of nitrogens with zero attached hydrogens (tertiary/aromatic N) is 2. The Morgan fingerprint density at radius 3 is 2.20 bits per heavy atom. The van der Waals surface area contributed by atoms with Crippen molar-refractivity contribution in [3.05, 3.63) is 48.4 Å². The summed E-state index contributed by atoms with van der Waals surface area (Å²) >= 11 is 0. The van der Waals surface area contributed by atoms with Gasteiger partial charge in [0.1, 0.15) is 10.7 Å². The Bertz CT molecular complexity index is 1450. The van der Waals surface area contributed by atoms with E-state index in [0.717, 1.165) is 22.5 Å². The SMILES string of the molecule is O=S(=O)(c1ccccn1)c1cc(F)ccc1S(=O)(=O)N1CCC2(CC1)CC2NS(=O)(=O)C(F)(F)F. The van der Waals surface area contributed by atoms with Crippen molar-refractivity contribution >= 4 is 29.9 Å². The Balaban J connectivity index is 1.57. The molecule has 2 aliphatic rings. The molecule has 1 aliphatic heterocycles. The molecule has 1 aromatic carbocycles. The molecule has 9 nitrogen and oxygen atoms in total. The fourth-order valence-electron chi connectivity index (χ4n) is 4.16. The molecule has 1 aromatic heterocycles. The van der Waals surface area contributed by atoms with Gasteiger partial charge in [0.15, 0.2) is 5.03 Å². The van der Waals surface area contributed by atoms with E-state index in [9.17, 15) is 42.8 Å². The van der Waals surface area contributed by atoms with Gasteiger partial charge in [-0.05, 0) is 55.0 Å². The van der Waals surface area contributed by atoms with Crippen molar-refractivity contribution in [3.8, 4) is 0 Å². The van der Waals surface area contributed by atoms with Crippen molar-refractivity contribution in [2.24, 2.45) is 5.41 Å². The largest absolute Gasteiger partial charge is 0.511 e. The highest BCUT2D eigenvalue weighted by molar-refractivity contribution is 7.93. The Hall–Kier alpha value is -2.14. The number of alkyl halides is 3. The smallest absolute Gasteiger partial charge is 0.244 e. The quantitative estimate of drug-likeness (QED) is 0.538. The van der Waals surface area contributed by atoms with E-state index in [1.807, 2.05) is 0 Å². The maximum atomic E-state index is 14.0. The van der Waals surface area contributed by atoms with Gasteiger partial charge in [-0.2, -0.15) is 17.5 Å². The second-order valence-corrected chi connectivity index (χ2v) is 13.8. The first kappa shape index (κ1) is 25.9. The van der Waals surface area contributed by atoms with Crippen LogP contribution in [0.15, 0.2) is 57.4 Å². The molecule has 1 atom stereocenters. The summed E-state index contributed by atoms with van der Waals surface area (Å²) in [5.41, 5.74) is -6.28. The van der Waals surface area contributed by atoms with Gasteiger partial charge in [-0.15, -0.1) is 0 Å². The van der Waals surface area contributed by atoms with Crippen LogP contribution in [0.2, 0.25) is 0 Å². The van der Waals surface area contributed by atoms with Gasteiger partial charge in [-0.1, -0.05) is 6.07 Å². The highest BCUT2D eigenvalue weighted by Gasteiger charge is 2.60. The zero-order valence-electron chi connectivity index (χ0n) is 17.7. The maximum Gasteiger partial charge on any atom is 0.511 e. The van der Waals surface area contributed by atoms with Gasteiger partial charge in [0.25, 0.3) is 0 Å². The number of sulfonamides is 2. The lowest BCUT2D eigenvalue weighted by Gasteiger charge is -2.32. The summed E-state index contributed by atoms with van der Waals surface area (Å²) in [7, 11) is -14.5. The molecule has 2 heterocycles. The maximum absolute atomic E-state index is 14.0. The Morgan fingerprint density at radius 2 is 1.63 bits per heavy atom. The Labute approximate surface area is 199 Å². The summed E-state index contributed by atoms with van der Waals surface area (Å²) in [4.78, 5) is 2.26. The lowest BCUT2D eigenvalue weighted by molar-refractivity contribution is -0.0449. The van der Waals surface area contributed by atoms with Crippen LogP contribution in [0.4, 0.5) is 17.6 Å². The second kappa shape index (κ2) is 8.47. The average Bonchev–Trinajstić information content (AvgIpc) is 3.43. The number of benzene rings is 1. The first-order chi connectivity index (χ1) is 16.1. The molecule has 0 bridgehead atoms. The van der Waals surface area contributed by atoms with Crippen molar-refractivity contribution in [2.75, 3.05) is 13.1 Å². The topological polar surface area (TPSA) is 131 Å². The first-order valence-corrected chi connectivity index (χ1v) is 14.6. The average molecular weight is 558 g/mol. The molecule has 1 unspecified atom stereocenters. The van der Waals surface area contributed by atoms with E-state index in [2.05, 4.69) is 4.98 Å². The van der Waals surface area contributed by atoms with E-state index < -0.39 is 67.5 Å². The number of hydrogen-bond donors (Lipinski definition) is 1. The lowest BCUT2D eigenvalue weighted by atomic mass is 9.94. The highest BCUT2D eigenvalue weighted by Crippen LogP contribution is 2.55. The molecule has 35 heavy (non-hydrogen) atoms. The fraction of sp³-hybridized carbons (Fsp3) is 0.421.